The van der Waals surface area contributed by atoms with Crippen LogP contribution in [-0.2, 0) is 10.0 Å². The Kier molecular flexibility index (Phi) is 4.37. The first-order valence-corrected chi connectivity index (χ1v) is 8.11. The second kappa shape index (κ2) is 5.67. The van der Waals surface area contributed by atoms with Crippen molar-refractivity contribution in [3.05, 3.63) is 18.3 Å². The van der Waals surface area contributed by atoms with E-state index < -0.39 is 34.6 Å². The number of pyridine rings is 1. The summed E-state index contributed by atoms with van der Waals surface area (Å²) in [5.74, 6) is 0.0106. The fourth-order valence-corrected chi connectivity index (χ4v) is 3.16. The van der Waals surface area contributed by atoms with Gasteiger partial charge in [0.1, 0.15) is 10.7 Å². The van der Waals surface area contributed by atoms with Gasteiger partial charge in [-0.05, 0) is 25.0 Å². The lowest BCUT2D eigenvalue weighted by Gasteiger charge is -2.29. The van der Waals surface area contributed by atoms with Gasteiger partial charge < -0.3 is 10.0 Å². The fourth-order valence-electron chi connectivity index (χ4n) is 2.46. The normalized spacial score (nSPS) is 24.1. The largest absolute Gasteiger partial charge is 0.417 e. The Morgan fingerprint density at radius 3 is 2.59 bits per heavy atom. The van der Waals surface area contributed by atoms with Crippen LogP contribution in [0.5, 0.6) is 0 Å². The maximum Gasteiger partial charge on any atom is 0.417 e. The molecule has 0 saturated carbocycles. The molecule has 1 aliphatic rings. The molecule has 1 unspecified atom stereocenters. The fraction of sp³-hybridized carbons (Fsp3) is 0.583. The highest BCUT2D eigenvalue weighted by Crippen LogP contribution is 2.39. The zero-order valence-electron chi connectivity index (χ0n) is 11.5. The number of primary sulfonamides is 1. The number of alkyl halides is 3. The maximum absolute atomic E-state index is 12.9. The van der Waals surface area contributed by atoms with Crippen molar-refractivity contribution >= 4 is 15.8 Å². The van der Waals surface area contributed by atoms with Crippen LogP contribution in [0.2, 0.25) is 0 Å². The van der Waals surface area contributed by atoms with E-state index >= 15 is 0 Å². The van der Waals surface area contributed by atoms with Gasteiger partial charge >= 0.3 is 6.18 Å². The first-order chi connectivity index (χ1) is 10.0. The van der Waals surface area contributed by atoms with Crippen molar-refractivity contribution in [2.75, 3.05) is 18.0 Å². The van der Waals surface area contributed by atoms with Gasteiger partial charge in [-0.25, -0.2) is 18.5 Å². The third-order valence-corrected chi connectivity index (χ3v) is 4.63. The van der Waals surface area contributed by atoms with Crippen molar-refractivity contribution in [2.45, 2.75) is 35.9 Å². The lowest BCUT2D eigenvalue weighted by molar-refractivity contribution is -0.263. The minimum atomic E-state index is -4.73. The van der Waals surface area contributed by atoms with Crippen molar-refractivity contribution in [2.24, 2.45) is 5.14 Å². The van der Waals surface area contributed by atoms with E-state index in [1.165, 1.54) is 23.2 Å². The molecule has 2 heterocycles. The second-order valence-electron chi connectivity index (χ2n) is 5.24. The zero-order valence-corrected chi connectivity index (χ0v) is 12.4. The third kappa shape index (κ3) is 3.33. The van der Waals surface area contributed by atoms with Gasteiger partial charge in [-0.1, -0.05) is 0 Å². The molecule has 0 spiro atoms. The molecule has 0 radical (unpaired) electrons. The van der Waals surface area contributed by atoms with Gasteiger partial charge in [-0.15, -0.1) is 0 Å². The summed E-state index contributed by atoms with van der Waals surface area (Å²) in [7, 11) is -4.04. The number of anilines is 1. The van der Waals surface area contributed by atoms with Crippen LogP contribution in [0.25, 0.3) is 0 Å². The van der Waals surface area contributed by atoms with Crippen molar-refractivity contribution in [1.82, 2.24) is 4.98 Å². The van der Waals surface area contributed by atoms with Crippen LogP contribution in [0.15, 0.2) is 23.2 Å². The molecule has 1 aromatic rings. The topological polar surface area (TPSA) is 96.5 Å². The van der Waals surface area contributed by atoms with Crippen LogP contribution in [-0.4, -0.2) is 43.4 Å². The molecular formula is C12H16F3N3O3S. The Bertz CT molecular complexity index is 651. The molecule has 0 aromatic carbocycles. The van der Waals surface area contributed by atoms with Crippen LogP contribution in [0.1, 0.15) is 19.3 Å². The summed E-state index contributed by atoms with van der Waals surface area (Å²) in [5.41, 5.74) is -2.77. The van der Waals surface area contributed by atoms with Gasteiger partial charge in [-0.2, -0.15) is 13.2 Å². The lowest BCUT2D eigenvalue weighted by Crippen LogP contribution is -2.45. The Balaban J connectivity index is 2.30. The summed E-state index contributed by atoms with van der Waals surface area (Å²) in [6.45, 7) is -0.0204. The summed E-state index contributed by atoms with van der Waals surface area (Å²) >= 11 is 0. The Hall–Kier alpha value is -1.39. The Morgan fingerprint density at radius 1 is 1.32 bits per heavy atom. The van der Waals surface area contributed by atoms with Crippen molar-refractivity contribution in [3.63, 3.8) is 0 Å². The number of aromatic nitrogens is 1. The SMILES string of the molecule is NS(=O)(=O)c1cccnc1N1CCCC(O)(C(F)(F)F)CC1. The number of aliphatic hydroxyl groups is 1. The number of nitrogens with two attached hydrogens (primary N) is 1. The van der Waals surface area contributed by atoms with Gasteiger partial charge in [0.25, 0.3) is 0 Å². The molecule has 1 aromatic heterocycles. The van der Waals surface area contributed by atoms with E-state index in [4.69, 9.17) is 5.14 Å². The molecule has 0 bridgehead atoms. The standard InChI is InChI=1S/C12H16F3N3O3S/c13-12(14,15)11(19)4-2-7-18(8-5-11)10-9(22(16,20)21)3-1-6-17-10/h1,3,6,19H,2,4-5,7-8H2,(H2,16,20,21). The number of rotatable bonds is 2. The molecule has 1 saturated heterocycles. The van der Waals surface area contributed by atoms with E-state index in [0.717, 1.165) is 0 Å². The number of nitrogens with zero attached hydrogens (tertiary/aromatic N) is 2. The zero-order chi connectivity index (χ0) is 16.6. The summed E-state index contributed by atoms with van der Waals surface area (Å²) in [6.07, 6.45) is -4.33. The van der Waals surface area contributed by atoms with Crippen molar-refractivity contribution < 1.29 is 26.7 Å². The number of hydrogen-bond acceptors (Lipinski definition) is 5. The van der Waals surface area contributed by atoms with Gasteiger partial charge in [0, 0.05) is 25.7 Å². The molecule has 6 nitrogen and oxygen atoms in total. The van der Waals surface area contributed by atoms with E-state index in [1.807, 2.05) is 0 Å². The van der Waals surface area contributed by atoms with E-state index in [2.05, 4.69) is 4.98 Å². The van der Waals surface area contributed by atoms with Crippen LogP contribution in [0, 0.1) is 0 Å². The molecule has 3 N–H and O–H groups in total. The van der Waals surface area contributed by atoms with Crippen LogP contribution < -0.4 is 10.0 Å². The molecule has 1 fully saturated rings. The smallest absolute Gasteiger partial charge is 0.380 e. The minimum Gasteiger partial charge on any atom is -0.380 e. The molecule has 1 aliphatic heterocycles. The summed E-state index contributed by atoms with van der Waals surface area (Å²) in [4.78, 5) is 5.09. The Labute approximate surface area is 125 Å². The Morgan fingerprint density at radius 2 is 2.00 bits per heavy atom. The highest BCUT2D eigenvalue weighted by atomic mass is 32.2. The first kappa shape index (κ1) is 17.0. The lowest BCUT2D eigenvalue weighted by atomic mass is 9.94. The summed E-state index contributed by atoms with van der Waals surface area (Å²) in [5, 5.41) is 14.9. The summed E-state index contributed by atoms with van der Waals surface area (Å²) in [6, 6.07) is 2.63. The molecule has 2 rings (SSSR count). The van der Waals surface area contributed by atoms with Crippen molar-refractivity contribution in [3.8, 4) is 0 Å². The second-order valence-corrected chi connectivity index (χ2v) is 6.77. The molecule has 0 aliphatic carbocycles. The predicted molar refractivity (Wildman–Crippen MR) is 72.7 cm³/mol. The number of hydrogen-bond donors (Lipinski definition) is 2. The predicted octanol–water partition coefficient (Wildman–Crippen LogP) is 1.01. The van der Waals surface area contributed by atoms with E-state index in [9.17, 15) is 26.7 Å². The average molecular weight is 339 g/mol. The quantitative estimate of drug-likeness (QED) is 0.838. The van der Waals surface area contributed by atoms with E-state index in [1.54, 1.807) is 0 Å². The van der Waals surface area contributed by atoms with E-state index in [-0.39, 0.29) is 30.2 Å². The monoisotopic (exact) mass is 339 g/mol. The molecule has 124 valence electrons. The van der Waals surface area contributed by atoms with Gasteiger partial charge in [0.15, 0.2) is 5.60 Å². The molecular weight excluding hydrogens is 323 g/mol. The van der Waals surface area contributed by atoms with Crippen molar-refractivity contribution in [1.29, 1.82) is 0 Å². The van der Waals surface area contributed by atoms with Gasteiger partial charge in [0.2, 0.25) is 10.0 Å². The van der Waals surface area contributed by atoms with Gasteiger partial charge in [0.05, 0.1) is 0 Å². The van der Waals surface area contributed by atoms with Gasteiger partial charge in [-0.3, -0.25) is 0 Å². The first-order valence-electron chi connectivity index (χ1n) is 6.56. The highest BCUT2D eigenvalue weighted by Gasteiger charge is 2.53. The molecule has 10 heteroatoms. The third-order valence-electron chi connectivity index (χ3n) is 3.70. The minimum absolute atomic E-state index is 0.0106. The van der Waals surface area contributed by atoms with E-state index in [0.29, 0.717) is 0 Å². The molecule has 1 atom stereocenters. The molecule has 22 heavy (non-hydrogen) atoms. The molecule has 0 amide bonds. The van der Waals surface area contributed by atoms with Crippen LogP contribution in [0.3, 0.4) is 0 Å². The highest BCUT2D eigenvalue weighted by molar-refractivity contribution is 7.89. The number of sulfonamides is 1. The van der Waals surface area contributed by atoms with Crippen LogP contribution >= 0.6 is 0 Å². The van der Waals surface area contributed by atoms with Crippen LogP contribution in [0.4, 0.5) is 19.0 Å². The number of halogens is 3. The average Bonchev–Trinajstić information content (AvgIpc) is 2.60. The summed E-state index contributed by atoms with van der Waals surface area (Å²) < 4.78 is 61.8. The maximum atomic E-state index is 12.9.